The summed E-state index contributed by atoms with van der Waals surface area (Å²) in [5.74, 6) is 0.0482. The van der Waals surface area contributed by atoms with E-state index >= 15 is 0 Å². The Morgan fingerprint density at radius 1 is 1.22 bits per heavy atom. The van der Waals surface area contributed by atoms with Crippen molar-refractivity contribution in [2.24, 2.45) is 0 Å². The van der Waals surface area contributed by atoms with Crippen LogP contribution in [-0.2, 0) is 16.6 Å². The Morgan fingerprint density at radius 3 is 2.78 bits per heavy atom. The summed E-state index contributed by atoms with van der Waals surface area (Å²) >= 11 is 0. The van der Waals surface area contributed by atoms with Crippen molar-refractivity contribution >= 4 is 44.1 Å². The molecule has 3 heterocycles. The normalized spacial score (nSPS) is 16.2. The Morgan fingerprint density at radius 2 is 2.03 bits per heavy atom. The van der Waals surface area contributed by atoms with E-state index in [1.807, 2.05) is 41.1 Å². The van der Waals surface area contributed by atoms with Crippen LogP contribution in [0, 0.1) is 5.82 Å². The van der Waals surface area contributed by atoms with Crippen molar-refractivity contribution in [3.8, 4) is 0 Å². The van der Waals surface area contributed by atoms with Crippen molar-refractivity contribution in [1.29, 1.82) is 0 Å². The molecule has 0 saturated carbocycles. The Balaban J connectivity index is 1.39. The van der Waals surface area contributed by atoms with E-state index in [4.69, 9.17) is 0 Å². The minimum Gasteiger partial charge on any atom is -0.366 e. The van der Waals surface area contributed by atoms with Crippen molar-refractivity contribution in [2.75, 3.05) is 47.5 Å². The van der Waals surface area contributed by atoms with Crippen molar-refractivity contribution in [3.05, 3.63) is 72.3 Å². The Kier molecular flexibility index (Phi) is 6.74. The zero-order chi connectivity index (χ0) is 26.2. The first kappa shape index (κ1) is 25.0. The number of nitrogens with zero attached hydrogens (tertiary/aromatic N) is 5. The lowest BCUT2D eigenvalue weighted by Gasteiger charge is -2.33. The summed E-state index contributed by atoms with van der Waals surface area (Å²) in [6.45, 7) is 4.84. The zero-order valence-corrected chi connectivity index (χ0v) is 21.8. The van der Waals surface area contributed by atoms with E-state index in [2.05, 4.69) is 32.4 Å². The molecule has 9 nitrogen and oxygen atoms in total. The smallest absolute Gasteiger partial charge is 0.232 e. The SMILES string of the molecule is C[C@@H]1CN(c2ccc(Nc3ncc4ccn(Cc5ccccc5N(C)S(C)(=O)=O)c4n3)cc2F)CCN1. The molecule has 0 spiro atoms. The van der Waals surface area contributed by atoms with E-state index in [1.165, 1.54) is 16.6 Å². The van der Waals surface area contributed by atoms with E-state index in [0.29, 0.717) is 41.2 Å². The second kappa shape index (κ2) is 9.98. The highest BCUT2D eigenvalue weighted by atomic mass is 32.2. The van der Waals surface area contributed by atoms with E-state index in [1.54, 1.807) is 25.4 Å². The molecule has 1 aliphatic heterocycles. The molecule has 1 atom stereocenters. The lowest BCUT2D eigenvalue weighted by Crippen LogP contribution is -2.49. The van der Waals surface area contributed by atoms with Crippen LogP contribution in [0.15, 0.2) is 60.9 Å². The Labute approximate surface area is 216 Å². The summed E-state index contributed by atoms with van der Waals surface area (Å²) in [5, 5.41) is 7.32. The first-order valence-corrected chi connectivity index (χ1v) is 13.9. The second-order valence-electron chi connectivity index (χ2n) is 9.37. The van der Waals surface area contributed by atoms with Gasteiger partial charge in [0.2, 0.25) is 16.0 Å². The fourth-order valence-electron chi connectivity index (χ4n) is 4.59. The first-order chi connectivity index (χ1) is 17.7. The predicted molar refractivity (Wildman–Crippen MR) is 146 cm³/mol. The number of hydrogen-bond acceptors (Lipinski definition) is 7. The van der Waals surface area contributed by atoms with Crippen molar-refractivity contribution in [2.45, 2.75) is 19.5 Å². The maximum Gasteiger partial charge on any atom is 0.232 e. The lowest BCUT2D eigenvalue weighted by molar-refractivity contribution is 0.478. The van der Waals surface area contributed by atoms with Crippen LogP contribution in [0.1, 0.15) is 12.5 Å². The number of anilines is 4. The molecule has 0 unspecified atom stereocenters. The van der Waals surface area contributed by atoms with Gasteiger partial charge in [0.15, 0.2) is 0 Å². The van der Waals surface area contributed by atoms with Crippen LogP contribution in [-0.4, -0.2) is 61.9 Å². The minimum atomic E-state index is -3.41. The molecular weight excluding hydrogens is 493 g/mol. The van der Waals surface area contributed by atoms with E-state index in [-0.39, 0.29) is 5.82 Å². The van der Waals surface area contributed by atoms with Gasteiger partial charge in [0, 0.05) is 56.2 Å². The van der Waals surface area contributed by atoms with Crippen LogP contribution in [0.5, 0.6) is 0 Å². The largest absolute Gasteiger partial charge is 0.366 e. The maximum atomic E-state index is 15.0. The summed E-state index contributed by atoms with van der Waals surface area (Å²) in [5.41, 5.74) is 3.26. The fourth-order valence-corrected chi connectivity index (χ4v) is 5.13. The monoisotopic (exact) mass is 523 g/mol. The second-order valence-corrected chi connectivity index (χ2v) is 11.4. The number of rotatable bonds is 7. The molecule has 1 fully saturated rings. The van der Waals surface area contributed by atoms with Crippen LogP contribution < -0.4 is 19.8 Å². The molecule has 1 saturated heterocycles. The zero-order valence-electron chi connectivity index (χ0n) is 21.0. The molecule has 37 heavy (non-hydrogen) atoms. The first-order valence-electron chi connectivity index (χ1n) is 12.1. The standard InChI is InChI=1S/C26H30FN7O2S/c1-18-16-33(13-11-28-18)24-9-8-21(14-22(24)27)30-26-29-15-19-10-12-34(25(19)31-26)17-20-6-4-5-7-23(20)32(2)37(3,35)36/h4-10,12,14-15,18,28H,11,13,16-17H2,1-3H3,(H,29,30,31)/t18-/m1/s1. The number of hydrogen-bond donors (Lipinski definition) is 2. The molecule has 0 bridgehead atoms. The van der Waals surface area contributed by atoms with Gasteiger partial charge in [-0.1, -0.05) is 18.2 Å². The minimum absolute atomic E-state index is 0.296. The number of benzene rings is 2. The van der Waals surface area contributed by atoms with E-state index in [0.717, 1.165) is 30.6 Å². The van der Waals surface area contributed by atoms with Gasteiger partial charge in [0.1, 0.15) is 11.5 Å². The molecule has 2 aromatic carbocycles. The molecule has 194 valence electrons. The van der Waals surface area contributed by atoms with Gasteiger partial charge in [-0.25, -0.2) is 17.8 Å². The van der Waals surface area contributed by atoms with Gasteiger partial charge in [-0.3, -0.25) is 4.31 Å². The van der Waals surface area contributed by atoms with Crippen LogP contribution in [0.3, 0.4) is 0 Å². The number of halogens is 1. The molecule has 4 aromatic rings. The third-order valence-electron chi connectivity index (χ3n) is 6.58. The van der Waals surface area contributed by atoms with Gasteiger partial charge in [0.05, 0.1) is 24.2 Å². The van der Waals surface area contributed by atoms with Crippen molar-refractivity contribution in [3.63, 3.8) is 0 Å². The third-order valence-corrected chi connectivity index (χ3v) is 7.78. The van der Waals surface area contributed by atoms with Gasteiger partial charge in [-0.2, -0.15) is 4.98 Å². The van der Waals surface area contributed by atoms with Gasteiger partial charge >= 0.3 is 0 Å². The van der Waals surface area contributed by atoms with Gasteiger partial charge < -0.3 is 20.1 Å². The van der Waals surface area contributed by atoms with Crippen LogP contribution in [0.25, 0.3) is 11.0 Å². The Hall–Kier alpha value is -3.70. The molecule has 2 aromatic heterocycles. The summed E-state index contributed by atoms with van der Waals surface area (Å²) in [4.78, 5) is 11.1. The number of sulfonamides is 1. The summed E-state index contributed by atoms with van der Waals surface area (Å²) in [7, 11) is -1.87. The maximum absolute atomic E-state index is 15.0. The molecule has 0 radical (unpaired) electrons. The summed E-state index contributed by atoms with van der Waals surface area (Å²) < 4.78 is 42.4. The van der Waals surface area contributed by atoms with E-state index < -0.39 is 10.0 Å². The highest BCUT2D eigenvalue weighted by molar-refractivity contribution is 7.92. The average molecular weight is 524 g/mol. The van der Waals surface area contributed by atoms with E-state index in [9.17, 15) is 12.8 Å². The molecule has 11 heteroatoms. The summed E-state index contributed by atoms with van der Waals surface area (Å²) in [6, 6.07) is 14.7. The average Bonchev–Trinajstić information content (AvgIpc) is 3.25. The number of aromatic nitrogens is 3. The number of piperazine rings is 1. The van der Waals surface area contributed by atoms with Gasteiger partial charge in [-0.05, 0) is 42.8 Å². The number of fused-ring (bicyclic) bond motifs is 1. The predicted octanol–water partition coefficient (Wildman–Crippen LogP) is 3.56. The molecule has 0 aliphatic carbocycles. The van der Waals surface area contributed by atoms with Gasteiger partial charge in [-0.15, -0.1) is 0 Å². The number of nitrogens with one attached hydrogen (secondary N) is 2. The van der Waals surface area contributed by atoms with Crippen molar-refractivity contribution < 1.29 is 12.8 Å². The molecular formula is C26H30FN7O2S. The summed E-state index contributed by atoms with van der Waals surface area (Å²) in [6.07, 6.45) is 4.78. The quantitative estimate of drug-likeness (QED) is 0.383. The molecule has 2 N–H and O–H groups in total. The number of para-hydroxylation sites is 1. The van der Waals surface area contributed by atoms with Crippen LogP contribution in [0.4, 0.5) is 27.4 Å². The molecule has 0 amide bonds. The third kappa shape index (κ3) is 5.37. The topological polar surface area (TPSA) is 95.4 Å². The van der Waals surface area contributed by atoms with Gasteiger partial charge in [0.25, 0.3) is 0 Å². The lowest BCUT2D eigenvalue weighted by atomic mass is 10.2. The highest BCUT2D eigenvalue weighted by Crippen LogP contribution is 2.27. The van der Waals surface area contributed by atoms with Crippen LogP contribution in [0.2, 0.25) is 0 Å². The van der Waals surface area contributed by atoms with Crippen molar-refractivity contribution in [1.82, 2.24) is 19.9 Å². The Bertz CT molecular complexity index is 1540. The highest BCUT2D eigenvalue weighted by Gasteiger charge is 2.19. The van der Waals surface area contributed by atoms with Crippen LogP contribution >= 0.6 is 0 Å². The molecule has 1 aliphatic rings. The molecule has 5 rings (SSSR count). The fraction of sp³-hybridized carbons (Fsp3) is 0.308.